The zero-order chi connectivity index (χ0) is 13.7. The molecule has 1 heterocycles. The summed E-state index contributed by atoms with van der Waals surface area (Å²) < 4.78 is 7.74. The predicted molar refractivity (Wildman–Crippen MR) is 77.6 cm³/mol. The molecule has 1 unspecified atom stereocenters. The normalized spacial score (nSPS) is 16.4. The number of hydrogen-bond donors (Lipinski definition) is 1. The van der Waals surface area contributed by atoms with Gasteiger partial charge in [-0.05, 0) is 45.6 Å². The van der Waals surface area contributed by atoms with Crippen molar-refractivity contribution in [2.45, 2.75) is 58.5 Å². The fraction of sp³-hybridized carbons (Fsp3) is 0.800. The Kier molecular flexibility index (Phi) is 5.40. The highest BCUT2D eigenvalue weighted by atomic mass is 16.5. The summed E-state index contributed by atoms with van der Waals surface area (Å²) in [7, 11) is 1.77. The Bertz CT molecular complexity index is 400. The van der Waals surface area contributed by atoms with Crippen molar-refractivity contribution in [3.05, 3.63) is 17.2 Å². The fourth-order valence-corrected chi connectivity index (χ4v) is 2.92. The summed E-state index contributed by atoms with van der Waals surface area (Å²) in [6.45, 7) is 7.10. The van der Waals surface area contributed by atoms with Crippen molar-refractivity contribution in [2.24, 2.45) is 0 Å². The van der Waals surface area contributed by atoms with E-state index in [1.54, 1.807) is 7.11 Å². The summed E-state index contributed by atoms with van der Waals surface area (Å²) in [5.41, 5.74) is 2.79. The molecule has 0 bridgehead atoms. The number of rotatable bonds is 7. The summed E-state index contributed by atoms with van der Waals surface area (Å²) in [4.78, 5) is 4.74. The summed E-state index contributed by atoms with van der Waals surface area (Å²) in [6.07, 6.45) is 6.08. The molecule has 0 saturated carbocycles. The molecular weight excluding hydrogens is 238 g/mol. The van der Waals surface area contributed by atoms with E-state index in [0.717, 1.165) is 38.4 Å². The van der Waals surface area contributed by atoms with Crippen molar-refractivity contribution in [1.82, 2.24) is 14.9 Å². The summed E-state index contributed by atoms with van der Waals surface area (Å²) in [6, 6.07) is 0.379. The molecule has 1 aliphatic carbocycles. The molecule has 0 amide bonds. The minimum Gasteiger partial charge on any atom is -0.383 e. The average Bonchev–Trinajstić information content (AvgIpc) is 2.73. The average molecular weight is 265 g/mol. The Morgan fingerprint density at radius 2 is 2.16 bits per heavy atom. The van der Waals surface area contributed by atoms with Gasteiger partial charge in [0.2, 0.25) is 0 Å². The van der Waals surface area contributed by atoms with E-state index in [-0.39, 0.29) is 0 Å². The first-order chi connectivity index (χ1) is 9.26. The number of fused-ring (bicyclic) bond motifs is 1. The second-order valence-corrected chi connectivity index (χ2v) is 5.48. The Morgan fingerprint density at radius 3 is 2.89 bits per heavy atom. The highest BCUT2D eigenvalue weighted by Gasteiger charge is 2.20. The van der Waals surface area contributed by atoms with Gasteiger partial charge in [0.15, 0.2) is 0 Å². The molecule has 1 aromatic rings. The van der Waals surface area contributed by atoms with Crippen LogP contribution in [0, 0.1) is 6.92 Å². The van der Waals surface area contributed by atoms with Crippen LogP contribution in [0.15, 0.2) is 0 Å². The molecule has 1 atom stereocenters. The highest BCUT2D eigenvalue weighted by Crippen LogP contribution is 2.22. The van der Waals surface area contributed by atoms with Gasteiger partial charge in [-0.2, -0.15) is 0 Å². The van der Waals surface area contributed by atoms with E-state index in [1.807, 2.05) is 0 Å². The van der Waals surface area contributed by atoms with Crippen LogP contribution in [0.25, 0.3) is 0 Å². The lowest BCUT2D eigenvalue weighted by molar-refractivity contribution is 0.158. The molecule has 1 aromatic heterocycles. The summed E-state index contributed by atoms with van der Waals surface area (Å²) in [5.74, 6) is 1.16. The van der Waals surface area contributed by atoms with Crippen molar-refractivity contribution in [3.63, 3.8) is 0 Å². The summed E-state index contributed by atoms with van der Waals surface area (Å²) >= 11 is 0. The molecule has 0 fully saturated rings. The molecule has 0 spiro atoms. The standard InChI is InChI=1S/C15H27N3O/c1-4-9-16-13(11-19-3)10-18-12(2)17-14-7-5-6-8-15(14)18/h13,16H,4-11H2,1-3H3. The molecule has 1 N–H and O–H groups in total. The van der Waals surface area contributed by atoms with Crippen molar-refractivity contribution in [1.29, 1.82) is 0 Å². The molecule has 1 aliphatic rings. The van der Waals surface area contributed by atoms with Gasteiger partial charge in [-0.25, -0.2) is 4.98 Å². The quantitative estimate of drug-likeness (QED) is 0.820. The molecular formula is C15H27N3O. The molecule has 4 heteroatoms. The number of ether oxygens (including phenoxy) is 1. The predicted octanol–water partition coefficient (Wildman–Crippen LogP) is 2.08. The number of imidazole rings is 1. The molecule has 108 valence electrons. The van der Waals surface area contributed by atoms with Crippen molar-refractivity contribution in [3.8, 4) is 0 Å². The molecule has 0 saturated heterocycles. The van der Waals surface area contributed by atoms with Gasteiger partial charge in [-0.15, -0.1) is 0 Å². The molecule has 0 aromatic carbocycles. The zero-order valence-electron chi connectivity index (χ0n) is 12.5. The van der Waals surface area contributed by atoms with Crippen LogP contribution in [0.2, 0.25) is 0 Å². The molecule has 2 rings (SSSR count). The Morgan fingerprint density at radius 1 is 1.37 bits per heavy atom. The number of methoxy groups -OCH3 is 1. The SMILES string of the molecule is CCCNC(COC)Cn1c(C)nc2c1CCCC2. The van der Waals surface area contributed by atoms with Gasteiger partial charge in [0.25, 0.3) is 0 Å². The lowest BCUT2D eigenvalue weighted by Crippen LogP contribution is -2.38. The van der Waals surface area contributed by atoms with Crippen molar-refractivity contribution in [2.75, 3.05) is 20.3 Å². The van der Waals surface area contributed by atoms with Crippen LogP contribution in [0.3, 0.4) is 0 Å². The lowest BCUT2D eigenvalue weighted by Gasteiger charge is -2.22. The lowest BCUT2D eigenvalue weighted by atomic mass is 10.0. The Balaban J connectivity index is 2.09. The Hall–Kier alpha value is -0.870. The smallest absolute Gasteiger partial charge is 0.106 e. The van der Waals surface area contributed by atoms with Gasteiger partial charge in [-0.3, -0.25) is 0 Å². The van der Waals surface area contributed by atoms with E-state index < -0.39 is 0 Å². The number of aryl methyl sites for hydroxylation is 2. The topological polar surface area (TPSA) is 39.1 Å². The molecule has 0 radical (unpaired) electrons. The third-order valence-electron chi connectivity index (χ3n) is 3.88. The monoisotopic (exact) mass is 265 g/mol. The third kappa shape index (κ3) is 3.57. The highest BCUT2D eigenvalue weighted by molar-refractivity contribution is 5.20. The van der Waals surface area contributed by atoms with Gasteiger partial charge in [0.1, 0.15) is 5.82 Å². The molecule has 0 aliphatic heterocycles. The first-order valence-electron chi connectivity index (χ1n) is 7.53. The van der Waals surface area contributed by atoms with E-state index in [1.165, 1.54) is 30.7 Å². The van der Waals surface area contributed by atoms with Gasteiger partial charge < -0.3 is 14.6 Å². The van der Waals surface area contributed by atoms with Crippen LogP contribution in [0.1, 0.15) is 43.4 Å². The van der Waals surface area contributed by atoms with Crippen LogP contribution in [-0.2, 0) is 24.1 Å². The van der Waals surface area contributed by atoms with Crippen LogP contribution in [0.4, 0.5) is 0 Å². The third-order valence-corrected chi connectivity index (χ3v) is 3.88. The second kappa shape index (κ2) is 7.06. The second-order valence-electron chi connectivity index (χ2n) is 5.48. The number of nitrogens with zero attached hydrogens (tertiary/aromatic N) is 2. The number of aromatic nitrogens is 2. The van der Waals surface area contributed by atoms with Crippen molar-refractivity contribution >= 4 is 0 Å². The van der Waals surface area contributed by atoms with Gasteiger partial charge in [0, 0.05) is 25.4 Å². The minimum absolute atomic E-state index is 0.379. The van der Waals surface area contributed by atoms with E-state index in [2.05, 4.69) is 23.7 Å². The van der Waals surface area contributed by atoms with Gasteiger partial charge in [-0.1, -0.05) is 6.92 Å². The first kappa shape index (κ1) is 14.5. The zero-order valence-corrected chi connectivity index (χ0v) is 12.5. The number of nitrogens with one attached hydrogen (secondary N) is 1. The number of hydrogen-bond acceptors (Lipinski definition) is 3. The van der Waals surface area contributed by atoms with E-state index >= 15 is 0 Å². The van der Waals surface area contributed by atoms with E-state index in [9.17, 15) is 0 Å². The van der Waals surface area contributed by atoms with Crippen LogP contribution < -0.4 is 5.32 Å². The van der Waals surface area contributed by atoms with E-state index in [0.29, 0.717) is 6.04 Å². The Labute approximate surface area is 116 Å². The summed E-state index contributed by atoms with van der Waals surface area (Å²) in [5, 5.41) is 3.57. The van der Waals surface area contributed by atoms with Gasteiger partial charge in [0.05, 0.1) is 12.3 Å². The molecule has 4 nitrogen and oxygen atoms in total. The maximum Gasteiger partial charge on any atom is 0.106 e. The maximum atomic E-state index is 5.34. The van der Waals surface area contributed by atoms with Crippen LogP contribution in [-0.4, -0.2) is 35.9 Å². The van der Waals surface area contributed by atoms with Crippen LogP contribution in [0.5, 0.6) is 0 Å². The molecule has 19 heavy (non-hydrogen) atoms. The minimum atomic E-state index is 0.379. The van der Waals surface area contributed by atoms with Crippen LogP contribution >= 0.6 is 0 Å². The van der Waals surface area contributed by atoms with E-state index in [4.69, 9.17) is 9.72 Å². The maximum absolute atomic E-state index is 5.34. The van der Waals surface area contributed by atoms with Crippen molar-refractivity contribution < 1.29 is 4.74 Å². The fourth-order valence-electron chi connectivity index (χ4n) is 2.92. The first-order valence-corrected chi connectivity index (χ1v) is 7.53. The van der Waals surface area contributed by atoms with Gasteiger partial charge >= 0.3 is 0 Å². The largest absolute Gasteiger partial charge is 0.383 e.